The van der Waals surface area contributed by atoms with Crippen molar-refractivity contribution >= 4 is 23.3 Å². The van der Waals surface area contributed by atoms with Crippen molar-refractivity contribution in [1.82, 2.24) is 5.32 Å². The molecule has 1 amide bonds. The van der Waals surface area contributed by atoms with Crippen molar-refractivity contribution in [2.45, 2.75) is 37.6 Å². The zero-order valence-electron chi connectivity index (χ0n) is 16.5. The van der Waals surface area contributed by atoms with E-state index in [-0.39, 0.29) is 46.6 Å². The summed E-state index contributed by atoms with van der Waals surface area (Å²) in [5.74, 6) is 0.176. The maximum Gasteiger partial charge on any atom is 0.258 e. The molecule has 2 bridgehead atoms. The first-order chi connectivity index (χ1) is 14.4. The summed E-state index contributed by atoms with van der Waals surface area (Å²) in [6.45, 7) is -0.129. The van der Waals surface area contributed by atoms with Crippen LogP contribution in [0.3, 0.4) is 0 Å². The molecular weight excluding hydrogens is 409 g/mol. The van der Waals surface area contributed by atoms with Gasteiger partial charge < -0.3 is 14.8 Å². The monoisotopic (exact) mass is 431 g/mol. The third-order valence-corrected chi connectivity index (χ3v) is 6.25. The van der Waals surface area contributed by atoms with Crippen molar-refractivity contribution in [3.63, 3.8) is 0 Å². The topological polar surface area (TPSA) is 64.6 Å². The first kappa shape index (κ1) is 20.7. The Morgan fingerprint density at radius 3 is 2.47 bits per heavy atom. The lowest BCUT2D eigenvalue weighted by molar-refractivity contribution is -0.128. The SMILES string of the molecule is O=C(COc1ccccc1)CC12CCC(NC(=O)COc3ccc(Cl)c(F)c3)(C1)C2. The Bertz CT molecular complexity index is 943. The quantitative estimate of drug-likeness (QED) is 0.642. The van der Waals surface area contributed by atoms with E-state index >= 15 is 0 Å². The molecule has 158 valence electrons. The number of rotatable bonds is 9. The Labute approximate surface area is 179 Å². The number of ketones is 1. The van der Waals surface area contributed by atoms with Gasteiger partial charge in [0, 0.05) is 18.0 Å². The summed E-state index contributed by atoms with van der Waals surface area (Å²) in [6.07, 6.45) is 3.81. The molecule has 30 heavy (non-hydrogen) atoms. The molecule has 7 heteroatoms. The lowest BCUT2D eigenvalue weighted by atomic mass is 9.63. The predicted octanol–water partition coefficient (Wildman–Crippen LogP) is 4.33. The van der Waals surface area contributed by atoms with E-state index in [1.165, 1.54) is 12.1 Å². The number of Topliss-reactive ketones (excluding diaryl/α,β-unsaturated/α-hetero) is 1. The zero-order chi connectivity index (χ0) is 21.2. The molecule has 0 saturated heterocycles. The molecule has 1 N–H and O–H groups in total. The van der Waals surface area contributed by atoms with E-state index in [1.54, 1.807) is 0 Å². The van der Waals surface area contributed by atoms with E-state index in [1.807, 2.05) is 30.3 Å². The Hall–Kier alpha value is -2.60. The van der Waals surface area contributed by atoms with Crippen LogP contribution in [-0.2, 0) is 9.59 Å². The van der Waals surface area contributed by atoms with Crippen molar-refractivity contribution in [2.75, 3.05) is 13.2 Å². The maximum absolute atomic E-state index is 13.4. The highest BCUT2D eigenvalue weighted by Gasteiger charge is 2.61. The number of fused-ring (bicyclic) bond motifs is 1. The van der Waals surface area contributed by atoms with Crippen LogP contribution in [0.5, 0.6) is 11.5 Å². The summed E-state index contributed by atoms with van der Waals surface area (Å²) < 4.78 is 24.4. The lowest BCUT2D eigenvalue weighted by Gasteiger charge is -2.47. The minimum absolute atomic E-state index is 0.00571. The van der Waals surface area contributed by atoms with Crippen LogP contribution in [-0.4, -0.2) is 30.4 Å². The number of hydrogen-bond donors (Lipinski definition) is 1. The number of benzene rings is 2. The largest absolute Gasteiger partial charge is 0.486 e. The van der Waals surface area contributed by atoms with Crippen LogP contribution in [0.25, 0.3) is 0 Å². The molecule has 0 spiro atoms. The van der Waals surface area contributed by atoms with Crippen LogP contribution in [0.4, 0.5) is 4.39 Å². The molecule has 0 heterocycles. The average Bonchev–Trinajstić information content (AvgIpc) is 3.22. The normalized spacial score (nSPS) is 24.1. The molecule has 3 fully saturated rings. The third kappa shape index (κ3) is 4.59. The Morgan fingerprint density at radius 2 is 1.73 bits per heavy atom. The molecule has 0 aliphatic heterocycles. The molecule has 5 nitrogen and oxygen atoms in total. The maximum atomic E-state index is 13.4. The standard InChI is InChI=1S/C23H23ClFNO4/c24-19-7-6-18(10-20(19)25)30-13-21(28)26-23-9-8-22(14-23,15-23)11-16(27)12-29-17-4-2-1-3-5-17/h1-7,10H,8-9,11-15H2,(H,26,28). The van der Waals surface area contributed by atoms with Crippen LogP contribution >= 0.6 is 11.6 Å². The first-order valence-corrected chi connectivity index (χ1v) is 10.3. The van der Waals surface area contributed by atoms with Gasteiger partial charge in [0.15, 0.2) is 12.4 Å². The lowest BCUT2D eigenvalue weighted by Crippen LogP contribution is -2.57. The minimum atomic E-state index is -0.589. The van der Waals surface area contributed by atoms with Gasteiger partial charge in [-0.15, -0.1) is 0 Å². The first-order valence-electron chi connectivity index (χ1n) is 9.96. The fourth-order valence-electron chi connectivity index (χ4n) is 4.80. The third-order valence-electron chi connectivity index (χ3n) is 5.94. The Kier molecular flexibility index (Phi) is 5.69. The summed E-state index contributed by atoms with van der Waals surface area (Å²) in [7, 11) is 0. The summed E-state index contributed by atoms with van der Waals surface area (Å²) in [5.41, 5.74) is -0.295. The molecule has 2 aromatic rings. The van der Waals surface area contributed by atoms with Gasteiger partial charge in [-0.1, -0.05) is 29.8 Å². The van der Waals surface area contributed by atoms with Gasteiger partial charge >= 0.3 is 0 Å². The molecule has 5 rings (SSSR count). The van der Waals surface area contributed by atoms with E-state index in [9.17, 15) is 14.0 Å². The zero-order valence-corrected chi connectivity index (χ0v) is 17.2. The van der Waals surface area contributed by atoms with Crippen LogP contribution < -0.4 is 14.8 Å². The van der Waals surface area contributed by atoms with Crippen molar-refractivity contribution in [3.05, 3.63) is 59.4 Å². The minimum Gasteiger partial charge on any atom is -0.486 e. The number of carbonyl (C=O) groups excluding carboxylic acids is 2. The summed E-state index contributed by atoms with van der Waals surface area (Å²) in [5, 5.41) is 3.05. The molecule has 0 radical (unpaired) electrons. The number of para-hydroxylation sites is 1. The van der Waals surface area contributed by atoms with Gasteiger partial charge in [0.1, 0.15) is 23.9 Å². The van der Waals surface area contributed by atoms with Crippen LogP contribution in [0, 0.1) is 11.2 Å². The molecule has 0 aromatic heterocycles. The van der Waals surface area contributed by atoms with Crippen LogP contribution in [0.2, 0.25) is 5.02 Å². The number of nitrogens with one attached hydrogen (secondary N) is 1. The number of hydrogen-bond acceptors (Lipinski definition) is 4. The second-order valence-corrected chi connectivity index (χ2v) is 8.77. The van der Waals surface area contributed by atoms with Gasteiger partial charge in [-0.2, -0.15) is 0 Å². The van der Waals surface area contributed by atoms with Crippen molar-refractivity contribution in [3.8, 4) is 11.5 Å². The highest BCUT2D eigenvalue weighted by atomic mass is 35.5. The summed E-state index contributed by atoms with van der Waals surface area (Å²) in [4.78, 5) is 24.7. The molecule has 3 saturated carbocycles. The van der Waals surface area contributed by atoms with E-state index < -0.39 is 5.82 Å². The molecule has 0 atom stereocenters. The molecule has 3 aliphatic rings. The van der Waals surface area contributed by atoms with Crippen molar-refractivity contribution in [2.24, 2.45) is 5.41 Å². The summed E-state index contributed by atoms with van der Waals surface area (Å²) >= 11 is 5.64. The average molecular weight is 432 g/mol. The van der Waals surface area contributed by atoms with Gasteiger partial charge in [0.05, 0.1) is 5.02 Å². The smallest absolute Gasteiger partial charge is 0.258 e. The Balaban J connectivity index is 1.21. The highest BCUT2D eigenvalue weighted by molar-refractivity contribution is 6.30. The van der Waals surface area contributed by atoms with E-state index in [0.29, 0.717) is 12.2 Å². The predicted molar refractivity (Wildman–Crippen MR) is 110 cm³/mol. The molecule has 3 aliphatic carbocycles. The van der Waals surface area contributed by atoms with Crippen LogP contribution in [0.15, 0.2) is 48.5 Å². The number of carbonyl (C=O) groups is 2. The number of amides is 1. The van der Waals surface area contributed by atoms with E-state index in [2.05, 4.69) is 5.32 Å². The molecule has 2 aromatic carbocycles. The number of ether oxygens (including phenoxy) is 2. The van der Waals surface area contributed by atoms with Gasteiger partial charge in [0.25, 0.3) is 5.91 Å². The van der Waals surface area contributed by atoms with E-state index in [4.69, 9.17) is 21.1 Å². The van der Waals surface area contributed by atoms with Gasteiger partial charge in [-0.05, 0) is 55.4 Å². The van der Waals surface area contributed by atoms with Crippen LogP contribution in [0.1, 0.15) is 32.1 Å². The second kappa shape index (κ2) is 8.26. The van der Waals surface area contributed by atoms with Gasteiger partial charge in [-0.3, -0.25) is 9.59 Å². The molecular formula is C23H23ClFNO4. The van der Waals surface area contributed by atoms with Crippen molar-refractivity contribution < 1.29 is 23.5 Å². The summed E-state index contributed by atoms with van der Waals surface area (Å²) in [6, 6.07) is 13.3. The fourth-order valence-corrected chi connectivity index (χ4v) is 4.92. The fraction of sp³-hybridized carbons (Fsp3) is 0.391. The number of halogens is 2. The van der Waals surface area contributed by atoms with E-state index in [0.717, 1.165) is 31.7 Å². The van der Waals surface area contributed by atoms with Gasteiger partial charge in [0.2, 0.25) is 0 Å². The second-order valence-electron chi connectivity index (χ2n) is 8.36. The molecule has 0 unspecified atom stereocenters. The Morgan fingerprint density at radius 1 is 1.00 bits per heavy atom. The van der Waals surface area contributed by atoms with Crippen molar-refractivity contribution in [1.29, 1.82) is 0 Å². The highest BCUT2D eigenvalue weighted by Crippen LogP contribution is 2.63. The van der Waals surface area contributed by atoms with Gasteiger partial charge in [-0.25, -0.2) is 4.39 Å².